The van der Waals surface area contributed by atoms with Crippen molar-refractivity contribution in [2.45, 2.75) is 13.0 Å². The summed E-state index contributed by atoms with van der Waals surface area (Å²) >= 11 is 0. The van der Waals surface area contributed by atoms with Gasteiger partial charge in [-0.2, -0.15) is 0 Å². The second-order valence-electron chi connectivity index (χ2n) is 4.16. The number of hydrogen-bond acceptors (Lipinski definition) is 2. The van der Waals surface area contributed by atoms with Crippen LogP contribution in [0.15, 0.2) is 48.5 Å². The van der Waals surface area contributed by atoms with E-state index in [9.17, 15) is 13.6 Å². The lowest BCUT2D eigenvalue weighted by molar-refractivity contribution is 0.0696. The van der Waals surface area contributed by atoms with Crippen molar-refractivity contribution in [3.63, 3.8) is 0 Å². The van der Waals surface area contributed by atoms with E-state index >= 15 is 0 Å². The maximum absolute atomic E-state index is 12.4. The highest BCUT2D eigenvalue weighted by Crippen LogP contribution is 2.22. The van der Waals surface area contributed by atoms with Gasteiger partial charge in [-0.25, -0.2) is 13.6 Å². The number of carboxylic acids is 1. The lowest BCUT2D eigenvalue weighted by Gasteiger charge is -2.07. The molecule has 0 saturated heterocycles. The summed E-state index contributed by atoms with van der Waals surface area (Å²) in [6.45, 7) is 0.244. The van der Waals surface area contributed by atoms with Crippen LogP contribution in [0.25, 0.3) is 0 Å². The number of carboxylic acid groups (broad SMARTS) is 1. The first-order valence-corrected chi connectivity index (χ1v) is 5.89. The first-order chi connectivity index (χ1) is 9.56. The van der Waals surface area contributed by atoms with Gasteiger partial charge < -0.3 is 9.84 Å². The number of hydrogen-bond donors (Lipinski definition) is 1. The van der Waals surface area contributed by atoms with Crippen LogP contribution in [-0.2, 0) is 6.61 Å². The zero-order valence-electron chi connectivity index (χ0n) is 10.4. The molecule has 1 N–H and O–H groups in total. The summed E-state index contributed by atoms with van der Waals surface area (Å²) in [5, 5.41) is 8.76. The molecule has 0 heterocycles. The fourth-order valence-corrected chi connectivity index (χ4v) is 1.62. The molecule has 2 aromatic carbocycles. The van der Waals surface area contributed by atoms with Crippen molar-refractivity contribution < 1.29 is 23.4 Å². The first kappa shape index (κ1) is 14.0. The molecule has 0 unspecified atom stereocenters. The van der Waals surface area contributed by atoms with Gasteiger partial charge in [0.25, 0.3) is 6.43 Å². The third-order valence-corrected chi connectivity index (χ3v) is 2.74. The summed E-state index contributed by atoms with van der Waals surface area (Å²) in [5.41, 5.74) is 0.950. The number of benzene rings is 2. The Kier molecular flexibility index (Phi) is 4.30. The van der Waals surface area contributed by atoms with Gasteiger partial charge >= 0.3 is 5.97 Å². The van der Waals surface area contributed by atoms with Crippen molar-refractivity contribution >= 4 is 5.97 Å². The van der Waals surface area contributed by atoms with Crippen molar-refractivity contribution in [2.75, 3.05) is 0 Å². The maximum Gasteiger partial charge on any atom is 0.335 e. The molecule has 0 aliphatic rings. The van der Waals surface area contributed by atoms with Crippen LogP contribution in [0.4, 0.5) is 8.78 Å². The molecule has 5 heteroatoms. The first-order valence-electron chi connectivity index (χ1n) is 5.89. The molecular formula is C15H12F2O3. The van der Waals surface area contributed by atoms with Gasteiger partial charge in [-0.15, -0.1) is 0 Å². The van der Waals surface area contributed by atoms with Crippen LogP contribution in [0.1, 0.15) is 27.9 Å². The fraction of sp³-hybridized carbons (Fsp3) is 0.133. The van der Waals surface area contributed by atoms with Crippen LogP contribution in [0.3, 0.4) is 0 Å². The van der Waals surface area contributed by atoms with Gasteiger partial charge in [-0.3, -0.25) is 0 Å². The molecule has 0 bridgehead atoms. The molecule has 0 fully saturated rings. The molecule has 3 nitrogen and oxygen atoms in total. The minimum absolute atomic E-state index is 0.0526. The summed E-state index contributed by atoms with van der Waals surface area (Å²) in [6.07, 6.45) is -2.49. The summed E-state index contributed by atoms with van der Waals surface area (Å²) in [7, 11) is 0. The van der Waals surface area contributed by atoms with E-state index in [-0.39, 0.29) is 17.7 Å². The third kappa shape index (κ3) is 3.54. The van der Waals surface area contributed by atoms with Crippen LogP contribution in [0, 0.1) is 0 Å². The SMILES string of the molecule is O=C(O)c1ccc(COc2ccc(C(F)F)cc2)cc1. The van der Waals surface area contributed by atoms with Gasteiger partial charge in [0.15, 0.2) is 0 Å². The van der Waals surface area contributed by atoms with Crippen molar-refractivity contribution in [1.29, 1.82) is 0 Å². The minimum Gasteiger partial charge on any atom is -0.489 e. The Morgan fingerprint density at radius 1 is 1.05 bits per heavy atom. The highest BCUT2D eigenvalue weighted by molar-refractivity contribution is 5.87. The molecule has 104 valence electrons. The van der Waals surface area contributed by atoms with Gasteiger partial charge in [0.1, 0.15) is 12.4 Å². The lowest BCUT2D eigenvalue weighted by atomic mass is 10.1. The Morgan fingerprint density at radius 2 is 1.65 bits per heavy atom. The Morgan fingerprint density at radius 3 is 2.15 bits per heavy atom. The standard InChI is InChI=1S/C15H12F2O3/c16-14(17)11-5-7-13(8-6-11)20-9-10-1-3-12(4-2-10)15(18)19/h1-8,14H,9H2,(H,18,19). The van der Waals surface area contributed by atoms with E-state index in [4.69, 9.17) is 9.84 Å². The highest BCUT2D eigenvalue weighted by atomic mass is 19.3. The number of halogens is 2. The zero-order valence-corrected chi connectivity index (χ0v) is 10.4. The van der Waals surface area contributed by atoms with Gasteiger partial charge in [0.2, 0.25) is 0 Å². The number of aromatic carboxylic acids is 1. The van der Waals surface area contributed by atoms with Crippen molar-refractivity contribution in [3.8, 4) is 5.75 Å². The number of ether oxygens (including phenoxy) is 1. The number of carbonyl (C=O) groups is 1. The molecule has 0 aliphatic carbocycles. The fourth-order valence-electron chi connectivity index (χ4n) is 1.62. The minimum atomic E-state index is -2.49. The van der Waals surface area contributed by atoms with E-state index in [0.29, 0.717) is 5.75 Å². The van der Waals surface area contributed by atoms with Gasteiger partial charge in [0.05, 0.1) is 5.56 Å². The highest BCUT2D eigenvalue weighted by Gasteiger charge is 2.06. The number of alkyl halides is 2. The quantitative estimate of drug-likeness (QED) is 0.902. The second-order valence-corrected chi connectivity index (χ2v) is 4.16. The van der Waals surface area contributed by atoms with Crippen molar-refractivity contribution in [1.82, 2.24) is 0 Å². The third-order valence-electron chi connectivity index (χ3n) is 2.74. The van der Waals surface area contributed by atoms with Gasteiger partial charge in [0, 0.05) is 5.56 Å². The molecule has 0 atom stereocenters. The van der Waals surface area contributed by atoms with E-state index in [1.807, 2.05) is 0 Å². The van der Waals surface area contributed by atoms with Crippen LogP contribution in [0.2, 0.25) is 0 Å². The monoisotopic (exact) mass is 278 g/mol. The Labute approximate surface area is 114 Å². The van der Waals surface area contributed by atoms with Crippen LogP contribution in [0.5, 0.6) is 5.75 Å². The molecule has 0 aliphatic heterocycles. The average molecular weight is 278 g/mol. The molecule has 2 aromatic rings. The molecule has 0 radical (unpaired) electrons. The largest absolute Gasteiger partial charge is 0.489 e. The zero-order chi connectivity index (χ0) is 14.5. The molecule has 0 amide bonds. The van der Waals surface area contributed by atoms with Gasteiger partial charge in [-0.1, -0.05) is 12.1 Å². The lowest BCUT2D eigenvalue weighted by Crippen LogP contribution is -1.99. The van der Waals surface area contributed by atoms with E-state index in [2.05, 4.69) is 0 Å². The molecule has 0 aromatic heterocycles. The summed E-state index contributed by atoms with van der Waals surface area (Å²) in [6, 6.07) is 11.9. The van der Waals surface area contributed by atoms with Crippen LogP contribution < -0.4 is 4.74 Å². The Hall–Kier alpha value is -2.43. The van der Waals surface area contributed by atoms with E-state index in [0.717, 1.165) is 5.56 Å². The van der Waals surface area contributed by atoms with E-state index < -0.39 is 12.4 Å². The van der Waals surface area contributed by atoms with Crippen LogP contribution in [-0.4, -0.2) is 11.1 Å². The summed E-state index contributed by atoms with van der Waals surface area (Å²) in [4.78, 5) is 10.7. The molecule has 20 heavy (non-hydrogen) atoms. The Balaban J connectivity index is 1.96. The molecule has 0 saturated carbocycles. The predicted molar refractivity (Wildman–Crippen MR) is 69.1 cm³/mol. The smallest absolute Gasteiger partial charge is 0.335 e. The average Bonchev–Trinajstić information content (AvgIpc) is 2.46. The second kappa shape index (κ2) is 6.14. The van der Waals surface area contributed by atoms with Crippen molar-refractivity contribution in [3.05, 3.63) is 65.2 Å². The predicted octanol–water partition coefficient (Wildman–Crippen LogP) is 3.90. The molecule has 2 rings (SSSR count). The summed E-state index contributed by atoms with van der Waals surface area (Å²) < 4.78 is 30.2. The number of rotatable bonds is 5. The normalized spacial score (nSPS) is 10.6. The topological polar surface area (TPSA) is 46.5 Å². The summed E-state index contributed by atoms with van der Waals surface area (Å²) in [5.74, 6) is -0.503. The Bertz CT molecular complexity index is 577. The molecular weight excluding hydrogens is 266 g/mol. The van der Waals surface area contributed by atoms with Gasteiger partial charge in [-0.05, 0) is 42.0 Å². The van der Waals surface area contributed by atoms with E-state index in [1.54, 1.807) is 12.1 Å². The van der Waals surface area contributed by atoms with Crippen molar-refractivity contribution in [2.24, 2.45) is 0 Å². The maximum atomic E-state index is 12.4. The van der Waals surface area contributed by atoms with E-state index in [1.165, 1.54) is 36.4 Å². The molecule has 0 spiro atoms. The van der Waals surface area contributed by atoms with Crippen LogP contribution >= 0.6 is 0 Å².